The van der Waals surface area contributed by atoms with Crippen LogP contribution in [0.25, 0.3) is 0 Å². The van der Waals surface area contributed by atoms with Crippen molar-refractivity contribution >= 4 is 0 Å². The van der Waals surface area contributed by atoms with E-state index in [4.69, 9.17) is 0 Å². The molecule has 76 valence electrons. The fourth-order valence-electron chi connectivity index (χ4n) is 1.83. The third kappa shape index (κ3) is 3.12. The molecule has 1 unspecified atom stereocenters. The highest BCUT2D eigenvalue weighted by molar-refractivity contribution is 4.80. The van der Waals surface area contributed by atoms with Crippen LogP contribution in [0.15, 0.2) is 12.7 Å². The molecular weight excluding hydrogens is 160 g/mol. The lowest BCUT2D eigenvalue weighted by Crippen LogP contribution is -2.49. The smallest absolute Gasteiger partial charge is 0.0161 e. The van der Waals surface area contributed by atoms with E-state index in [1.165, 1.54) is 32.6 Å². The van der Waals surface area contributed by atoms with Crippen LogP contribution in [-0.4, -0.2) is 48.6 Å². The maximum absolute atomic E-state index is 3.77. The second-order valence-corrected chi connectivity index (χ2v) is 3.88. The van der Waals surface area contributed by atoms with Crippen molar-refractivity contribution in [2.75, 3.05) is 32.7 Å². The molecule has 1 aliphatic rings. The molecule has 2 heteroatoms. The highest BCUT2D eigenvalue weighted by atomic mass is 15.3. The van der Waals surface area contributed by atoms with Crippen LogP contribution in [0.2, 0.25) is 0 Å². The van der Waals surface area contributed by atoms with Gasteiger partial charge in [-0.25, -0.2) is 0 Å². The summed E-state index contributed by atoms with van der Waals surface area (Å²) < 4.78 is 0. The molecule has 0 aromatic heterocycles. The molecular formula is C11H22N2. The van der Waals surface area contributed by atoms with E-state index < -0.39 is 0 Å². The summed E-state index contributed by atoms with van der Waals surface area (Å²) in [7, 11) is 0. The number of hydrogen-bond donors (Lipinski definition) is 0. The highest BCUT2D eigenvalue weighted by Gasteiger charge is 2.18. The van der Waals surface area contributed by atoms with E-state index in [2.05, 4.69) is 30.2 Å². The fraction of sp³-hybridized carbons (Fsp3) is 0.818. The predicted octanol–water partition coefficient (Wildman–Crippen LogP) is 1.59. The van der Waals surface area contributed by atoms with E-state index in [0.717, 1.165) is 12.6 Å². The van der Waals surface area contributed by atoms with Gasteiger partial charge in [0.1, 0.15) is 0 Å². The summed E-state index contributed by atoms with van der Waals surface area (Å²) in [5, 5.41) is 0. The van der Waals surface area contributed by atoms with Crippen LogP contribution in [0.1, 0.15) is 20.3 Å². The lowest BCUT2D eigenvalue weighted by atomic mass is 10.2. The number of rotatable bonds is 4. The molecule has 0 bridgehead atoms. The molecule has 0 spiro atoms. The Morgan fingerprint density at radius 2 is 1.92 bits per heavy atom. The van der Waals surface area contributed by atoms with Crippen molar-refractivity contribution in [3.8, 4) is 0 Å². The minimum Gasteiger partial charge on any atom is -0.298 e. The van der Waals surface area contributed by atoms with Crippen LogP contribution in [0.5, 0.6) is 0 Å². The molecule has 1 aliphatic heterocycles. The molecule has 2 nitrogen and oxygen atoms in total. The first kappa shape index (κ1) is 10.7. The SMILES string of the molecule is C=CCN1CCN(C(C)CC)CC1. The second-order valence-electron chi connectivity index (χ2n) is 3.88. The molecule has 1 fully saturated rings. The monoisotopic (exact) mass is 182 g/mol. The molecule has 0 aromatic rings. The van der Waals surface area contributed by atoms with E-state index in [0.29, 0.717) is 0 Å². The van der Waals surface area contributed by atoms with Gasteiger partial charge in [-0.1, -0.05) is 13.0 Å². The van der Waals surface area contributed by atoms with E-state index in [-0.39, 0.29) is 0 Å². The summed E-state index contributed by atoms with van der Waals surface area (Å²) in [6, 6.07) is 0.755. The van der Waals surface area contributed by atoms with Gasteiger partial charge < -0.3 is 0 Å². The average molecular weight is 182 g/mol. The van der Waals surface area contributed by atoms with Gasteiger partial charge in [0.2, 0.25) is 0 Å². The number of nitrogens with zero attached hydrogens (tertiary/aromatic N) is 2. The highest BCUT2D eigenvalue weighted by Crippen LogP contribution is 2.08. The van der Waals surface area contributed by atoms with E-state index in [9.17, 15) is 0 Å². The first-order chi connectivity index (χ1) is 6.27. The molecule has 0 aromatic carbocycles. The van der Waals surface area contributed by atoms with Crippen LogP contribution in [0, 0.1) is 0 Å². The van der Waals surface area contributed by atoms with Crippen molar-refractivity contribution in [1.82, 2.24) is 9.80 Å². The van der Waals surface area contributed by atoms with E-state index in [1.807, 2.05) is 6.08 Å². The third-order valence-corrected chi connectivity index (χ3v) is 3.01. The summed E-state index contributed by atoms with van der Waals surface area (Å²) in [4.78, 5) is 5.05. The topological polar surface area (TPSA) is 6.48 Å². The van der Waals surface area contributed by atoms with E-state index >= 15 is 0 Å². The Morgan fingerprint density at radius 1 is 1.31 bits per heavy atom. The Kier molecular flexibility index (Phi) is 4.46. The lowest BCUT2D eigenvalue weighted by molar-refractivity contribution is 0.108. The molecule has 0 radical (unpaired) electrons. The van der Waals surface area contributed by atoms with Crippen LogP contribution in [0.4, 0.5) is 0 Å². The van der Waals surface area contributed by atoms with Crippen LogP contribution in [-0.2, 0) is 0 Å². The van der Waals surface area contributed by atoms with Crippen LogP contribution < -0.4 is 0 Å². The molecule has 0 saturated carbocycles. The lowest BCUT2D eigenvalue weighted by Gasteiger charge is -2.37. The summed E-state index contributed by atoms with van der Waals surface area (Å²) >= 11 is 0. The molecule has 0 N–H and O–H groups in total. The maximum atomic E-state index is 3.77. The van der Waals surface area contributed by atoms with Gasteiger partial charge >= 0.3 is 0 Å². The number of hydrogen-bond acceptors (Lipinski definition) is 2. The zero-order valence-electron chi connectivity index (χ0n) is 9.00. The van der Waals surface area contributed by atoms with Crippen molar-refractivity contribution in [3.63, 3.8) is 0 Å². The Balaban J connectivity index is 2.25. The molecule has 0 amide bonds. The summed E-state index contributed by atoms with van der Waals surface area (Å²) in [6.45, 7) is 14.3. The standard InChI is InChI=1S/C11H22N2/c1-4-6-12-7-9-13(10-8-12)11(3)5-2/h4,11H,1,5-10H2,2-3H3. The van der Waals surface area contributed by atoms with Gasteiger partial charge in [-0.3, -0.25) is 9.80 Å². The summed E-state index contributed by atoms with van der Waals surface area (Å²) in [5.74, 6) is 0. The van der Waals surface area contributed by atoms with Gasteiger partial charge in [0.15, 0.2) is 0 Å². The quantitative estimate of drug-likeness (QED) is 0.609. The Bertz CT molecular complexity index is 148. The Labute approximate surface area is 82.2 Å². The normalized spacial score (nSPS) is 22.9. The van der Waals surface area contributed by atoms with Crippen LogP contribution in [0.3, 0.4) is 0 Å². The zero-order chi connectivity index (χ0) is 9.68. The molecule has 1 heterocycles. The van der Waals surface area contributed by atoms with Gasteiger partial charge in [-0.05, 0) is 13.3 Å². The van der Waals surface area contributed by atoms with Crippen LogP contribution >= 0.6 is 0 Å². The fourth-order valence-corrected chi connectivity index (χ4v) is 1.83. The van der Waals surface area contributed by atoms with Crippen molar-refractivity contribution in [2.45, 2.75) is 26.3 Å². The Morgan fingerprint density at radius 3 is 2.38 bits per heavy atom. The Hall–Kier alpha value is -0.340. The third-order valence-electron chi connectivity index (χ3n) is 3.01. The van der Waals surface area contributed by atoms with Crippen molar-refractivity contribution in [2.24, 2.45) is 0 Å². The zero-order valence-corrected chi connectivity index (χ0v) is 9.00. The molecule has 1 rings (SSSR count). The molecule has 1 atom stereocenters. The summed E-state index contributed by atoms with van der Waals surface area (Å²) in [5.41, 5.74) is 0. The summed E-state index contributed by atoms with van der Waals surface area (Å²) in [6.07, 6.45) is 3.26. The van der Waals surface area contributed by atoms with Crippen molar-refractivity contribution < 1.29 is 0 Å². The van der Waals surface area contributed by atoms with E-state index in [1.54, 1.807) is 0 Å². The van der Waals surface area contributed by atoms with Crippen molar-refractivity contribution in [1.29, 1.82) is 0 Å². The molecule has 0 aliphatic carbocycles. The van der Waals surface area contributed by atoms with Gasteiger partial charge in [-0.2, -0.15) is 0 Å². The molecule has 1 saturated heterocycles. The van der Waals surface area contributed by atoms with Gasteiger partial charge in [0, 0.05) is 38.8 Å². The minimum absolute atomic E-state index is 0.755. The van der Waals surface area contributed by atoms with Gasteiger partial charge in [0.25, 0.3) is 0 Å². The number of piperazine rings is 1. The van der Waals surface area contributed by atoms with Crippen molar-refractivity contribution in [3.05, 3.63) is 12.7 Å². The predicted molar refractivity (Wildman–Crippen MR) is 58.0 cm³/mol. The first-order valence-corrected chi connectivity index (χ1v) is 5.35. The average Bonchev–Trinajstić information content (AvgIpc) is 2.18. The minimum atomic E-state index is 0.755. The first-order valence-electron chi connectivity index (χ1n) is 5.35. The maximum Gasteiger partial charge on any atom is 0.0161 e. The second kappa shape index (κ2) is 5.40. The molecule has 13 heavy (non-hydrogen) atoms. The van der Waals surface area contributed by atoms with Gasteiger partial charge in [-0.15, -0.1) is 6.58 Å². The van der Waals surface area contributed by atoms with Gasteiger partial charge in [0.05, 0.1) is 0 Å². The largest absolute Gasteiger partial charge is 0.298 e.